The van der Waals surface area contributed by atoms with E-state index in [1.54, 1.807) is 17.8 Å². The summed E-state index contributed by atoms with van der Waals surface area (Å²) in [6.07, 6.45) is 1.94. The Labute approximate surface area is 127 Å². The molecular formula is C12H19BrN2O2S2. The Morgan fingerprint density at radius 2 is 2.11 bits per heavy atom. The molecule has 1 aromatic carbocycles. The van der Waals surface area contributed by atoms with Gasteiger partial charge in [-0.15, -0.1) is 0 Å². The van der Waals surface area contributed by atoms with E-state index in [1.807, 2.05) is 25.3 Å². The van der Waals surface area contributed by atoms with Crippen LogP contribution in [0.25, 0.3) is 0 Å². The molecule has 4 nitrogen and oxygen atoms in total. The van der Waals surface area contributed by atoms with E-state index >= 15 is 0 Å². The van der Waals surface area contributed by atoms with Crippen LogP contribution in [0.1, 0.15) is 12.5 Å². The summed E-state index contributed by atoms with van der Waals surface area (Å²) in [4.78, 5) is 0.286. The van der Waals surface area contributed by atoms with Crippen LogP contribution in [0.4, 0.5) is 0 Å². The minimum Gasteiger partial charge on any atom is -0.313 e. The van der Waals surface area contributed by atoms with Gasteiger partial charge in [-0.2, -0.15) is 11.8 Å². The van der Waals surface area contributed by atoms with Crippen molar-refractivity contribution in [1.82, 2.24) is 10.0 Å². The van der Waals surface area contributed by atoms with Crippen LogP contribution in [-0.4, -0.2) is 33.5 Å². The minimum absolute atomic E-state index is 0.286. The van der Waals surface area contributed by atoms with Crippen molar-refractivity contribution in [2.45, 2.75) is 18.4 Å². The van der Waals surface area contributed by atoms with E-state index < -0.39 is 10.0 Å². The molecule has 19 heavy (non-hydrogen) atoms. The summed E-state index contributed by atoms with van der Waals surface area (Å²) in [6.45, 7) is 4.09. The van der Waals surface area contributed by atoms with E-state index in [-0.39, 0.29) is 4.90 Å². The first-order valence-corrected chi connectivity index (χ1v) is 9.66. The number of rotatable bonds is 8. The molecular weight excluding hydrogens is 348 g/mol. The van der Waals surface area contributed by atoms with Crippen LogP contribution < -0.4 is 10.0 Å². The molecule has 1 aromatic rings. The molecule has 0 aliphatic heterocycles. The summed E-state index contributed by atoms with van der Waals surface area (Å²) in [7, 11) is -3.43. The molecule has 108 valence electrons. The number of halogens is 1. The van der Waals surface area contributed by atoms with Crippen LogP contribution in [0.2, 0.25) is 0 Å². The van der Waals surface area contributed by atoms with E-state index in [4.69, 9.17) is 0 Å². The number of hydrogen-bond acceptors (Lipinski definition) is 4. The summed E-state index contributed by atoms with van der Waals surface area (Å²) in [5, 5.41) is 3.20. The van der Waals surface area contributed by atoms with Crippen molar-refractivity contribution in [2.24, 2.45) is 0 Å². The van der Waals surface area contributed by atoms with Crippen LogP contribution in [-0.2, 0) is 16.6 Å². The normalized spacial score (nSPS) is 11.7. The third-order valence-electron chi connectivity index (χ3n) is 2.46. The third-order valence-corrected chi connectivity index (χ3v) is 5.51. The molecule has 0 amide bonds. The van der Waals surface area contributed by atoms with Crippen molar-refractivity contribution in [2.75, 3.05) is 25.1 Å². The van der Waals surface area contributed by atoms with Crippen LogP contribution in [0.3, 0.4) is 0 Å². The molecule has 2 N–H and O–H groups in total. The van der Waals surface area contributed by atoms with Crippen LogP contribution in [0, 0.1) is 0 Å². The third kappa shape index (κ3) is 5.43. The molecule has 0 unspecified atom stereocenters. The Morgan fingerprint density at radius 1 is 1.37 bits per heavy atom. The van der Waals surface area contributed by atoms with Crippen LogP contribution >= 0.6 is 27.7 Å². The van der Waals surface area contributed by atoms with Gasteiger partial charge in [0.05, 0.1) is 4.90 Å². The number of nitrogens with one attached hydrogen (secondary N) is 2. The minimum atomic E-state index is -3.43. The van der Waals surface area contributed by atoms with Gasteiger partial charge in [-0.05, 0) is 46.4 Å². The molecule has 0 aliphatic carbocycles. The van der Waals surface area contributed by atoms with Crippen molar-refractivity contribution < 1.29 is 8.42 Å². The lowest BCUT2D eigenvalue weighted by Crippen LogP contribution is -2.26. The second-order valence-corrected chi connectivity index (χ2v) is 7.51. The lowest BCUT2D eigenvalue weighted by Gasteiger charge is -2.10. The van der Waals surface area contributed by atoms with Crippen molar-refractivity contribution in [1.29, 1.82) is 0 Å². The summed E-state index contributed by atoms with van der Waals surface area (Å²) >= 11 is 4.94. The van der Waals surface area contributed by atoms with E-state index in [9.17, 15) is 8.42 Å². The molecule has 0 saturated carbocycles. The molecule has 7 heteroatoms. The lowest BCUT2D eigenvalue weighted by atomic mass is 10.2. The topological polar surface area (TPSA) is 58.2 Å². The van der Waals surface area contributed by atoms with Gasteiger partial charge in [0.1, 0.15) is 0 Å². The fourth-order valence-corrected chi connectivity index (χ4v) is 4.09. The Kier molecular flexibility index (Phi) is 7.38. The maximum absolute atomic E-state index is 12.1. The quantitative estimate of drug-likeness (QED) is 0.692. The smallest absolute Gasteiger partial charge is 0.241 e. The average molecular weight is 367 g/mol. The highest BCUT2D eigenvalue weighted by molar-refractivity contribution is 9.10. The fraction of sp³-hybridized carbons (Fsp3) is 0.500. The first kappa shape index (κ1) is 17.0. The number of benzene rings is 1. The van der Waals surface area contributed by atoms with E-state index in [2.05, 4.69) is 26.0 Å². The highest BCUT2D eigenvalue weighted by Crippen LogP contribution is 2.23. The zero-order valence-electron chi connectivity index (χ0n) is 11.1. The first-order chi connectivity index (χ1) is 9.01. The van der Waals surface area contributed by atoms with Gasteiger partial charge in [0.15, 0.2) is 0 Å². The zero-order chi connectivity index (χ0) is 14.3. The van der Waals surface area contributed by atoms with Crippen LogP contribution in [0.15, 0.2) is 27.6 Å². The maximum Gasteiger partial charge on any atom is 0.241 e. The second kappa shape index (κ2) is 8.26. The first-order valence-electron chi connectivity index (χ1n) is 5.99. The molecule has 0 aromatic heterocycles. The van der Waals surface area contributed by atoms with Gasteiger partial charge in [0.25, 0.3) is 0 Å². The fourth-order valence-electron chi connectivity index (χ4n) is 1.50. The van der Waals surface area contributed by atoms with Gasteiger partial charge >= 0.3 is 0 Å². The van der Waals surface area contributed by atoms with Gasteiger partial charge in [-0.25, -0.2) is 13.1 Å². The van der Waals surface area contributed by atoms with Crippen molar-refractivity contribution in [3.63, 3.8) is 0 Å². The Morgan fingerprint density at radius 3 is 2.68 bits per heavy atom. The number of hydrogen-bond donors (Lipinski definition) is 2. The standard InChI is InChI=1S/C12H19BrN2O2S2/c1-3-14-9-10-4-5-12(11(13)8-10)19(16,17)15-6-7-18-2/h4-5,8,14-15H,3,6-7,9H2,1-2H3. The van der Waals surface area contributed by atoms with Crippen molar-refractivity contribution in [3.05, 3.63) is 28.2 Å². The van der Waals surface area contributed by atoms with E-state index in [0.29, 0.717) is 11.0 Å². The molecule has 0 aliphatic rings. The summed E-state index contributed by atoms with van der Waals surface area (Å²) < 4.78 is 27.4. The van der Waals surface area contributed by atoms with E-state index in [0.717, 1.165) is 24.4 Å². The Hall–Kier alpha value is -0.0800. The molecule has 0 radical (unpaired) electrons. The van der Waals surface area contributed by atoms with Crippen molar-refractivity contribution >= 4 is 37.7 Å². The lowest BCUT2D eigenvalue weighted by molar-refractivity contribution is 0.583. The molecule has 0 saturated heterocycles. The Bertz CT molecular complexity index is 506. The van der Waals surface area contributed by atoms with Gasteiger partial charge in [-0.3, -0.25) is 0 Å². The maximum atomic E-state index is 12.1. The molecule has 0 heterocycles. The number of thioether (sulfide) groups is 1. The monoisotopic (exact) mass is 366 g/mol. The number of sulfonamides is 1. The molecule has 0 spiro atoms. The second-order valence-electron chi connectivity index (χ2n) is 3.94. The molecule has 0 bridgehead atoms. The average Bonchev–Trinajstić information content (AvgIpc) is 2.36. The Balaban J connectivity index is 2.83. The molecule has 0 atom stereocenters. The largest absolute Gasteiger partial charge is 0.313 e. The van der Waals surface area contributed by atoms with E-state index in [1.165, 1.54) is 0 Å². The molecule has 1 rings (SSSR count). The van der Waals surface area contributed by atoms with Gasteiger partial charge in [0, 0.05) is 23.3 Å². The van der Waals surface area contributed by atoms with Gasteiger partial charge in [-0.1, -0.05) is 13.0 Å². The highest BCUT2D eigenvalue weighted by Gasteiger charge is 2.17. The summed E-state index contributed by atoms with van der Waals surface area (Å²) in [5.41, 5.74) is 1.05. The van der Waals surface area contributed by atoms with Gasteiger partial charge < -0.3 is 5.32 Å². The summed E-state index contributed by atoms with van der Waals surface area (Å²) in [5.74, 6) is 0.759. The molecule has 0 fully saturated rings. The zero-order valence-corrected chi connectivity index (χ0v) is 14.3. The highest BCUT2D eigenvalue weighted by atomic mass is 79.9. The van der Waals surface area contributed by atoms with Crippen molar-refractivity contribution in [3.8, 4) is 0 Å². The SMILES string of the molecule is CCNCc1ccc(S(=O)(=O)NCCSC)c(Br)c1. The predicted octanol–water partition coefficient (Wildman–Crippen LogP) is 2.20. The predicted molar refractivity (Wildman–Crippen MR) is 85.1 cm³/mol. The summed E-state index contributed by atoms with van der Waals surface area (Å²) in [6, 6.07) is 5.31. The van der Waals surface area contributed by atoms with Crippen LogP contribution in [0.5, 0.6) is 0 Å². The van der Waals surface area contributed by atoms with Gasteiger partial charge in [0.2, 0.25) is 10.0 Å².